The summed E-state index contributed by atoms with van der Waals surface area (Å²) in [4.78, 5) is 19.0. The quantitative estimate of drug-likeness (QED) is 0.816. The zero-order valence-electron chi connectivity index (χ0n) is 11.5. The number of aromatic nitrogens is 1. The van der Waals surface area contributed by atoms with Crippen molar-refractivity contribution in [1.82, 2.24) is 15.6 Å². The fourth-order valence-corrected chi connectivity index (χ4v) is 2.02. The summed E-state index contributed by atoms with van der Waals surface area (Å²) in [6.45, 7) is -0.235. The number of carbonyl (C=O) groups is 1. The second-order valence-corrected chi connectivity index (χ2v) is 5.07. The van der Waals surface area contributed by atoms with E-state index in [1.807, 2.05) is 5.32 Å². The second kappa shape index (κ2) is 6.53. The molecular formula is C13H11ClF4N4O. The van der Waals surface area contributed by atoms with Crippen LogP contribution in [-0.4, -0.2) is 35.4 Å². The molecule has 0 aromatic carbocycles. The van der Waals surface area contributed by atoms with Crippen molar-refractivity contribution in [2.75, 3.05) is 6.54 Å². The van der Waals surface area contributed by atoms with Crippen LogP contribution < -0.4 is 10.6 Å². The van der Waals surface area contributed by atoms with E-state index in [1.165, 1.54) is 6.20 Å². The monoisotopic (exact) mass is 350 g/mol. The minimum atomic E-state index is -4.89. The van der Waals surface area contributed by atoms with E-state index < -0.39 is 23.4 Å². The zero-order chi connectivity index (χ0) is 17.1. The molecule has 2 N–H and O–H groups in total. The highest BCUT2D eigenvalue weighted by atomic mass is 35.5. The Labute approximate surface area is 133 Å². The van der Waals surface area contributed by atoms with Gasteiger partial charge in [-0.05, 0) is 6.07 Å². The van der Waals surface area contributed by atoms with Crippen LogP contribution in [0.1, 0.15) is 5.69 Å². The van der Waals surface area contributed by atoms with Gasteiger partial charge in [-0.1, -0.05) is 11.6 Å². The Bertz CT molecular complexity index is 662. The van der Waals surface area contributed by atoms with Gasteiger partial charge in [-0.2, -0.15) is 13.2 Å². The van der Waals surface area contributed by atoms with Gasteiger partial charge in [0.05, 0.1) is 10.7 Å². The van der Waals surface area contributed by atoms with Crippen LogP contribution in [0.3, 0.4) is 0 Å². The highest BCUT2D eigenvalue weighted by Crippen LogP contribution is 2.30. The van der Waals surface area contributed by atoms with E-state index in [4.69, 9.17) is 11.6 Å². The average molecular weight is 351 g/mol. The van der Waals surface area contributed by atoms with Gasteiger partial charge in [-0.25, -0.2) is 4.39 Å². The Balaban J connectivity index is 2.03. The largest absolute Gasteiger partial charge is 0.425 e. The molecule has 0 radical (unpaired) electrons. The van der Waals surface area contributed by atoms with Crippen molar-refractivity contribution in [3.05, 3.63) is 41.2 Å². The van der Waals surface area contributed by atoms with Gasteiger partial charge in [0.2, 0.25) is 5.54 Å². The summed E-state index contributed by atoms with van der Waals surface area (Å²) >= 11 is 5.54. The number of hydrogen-bond donors (Lipinski definition) is 2. The zero-order valence-corrected chi connectivity index (χ0v) is 12.2. The molecule has 1 unspecified atom stereocenters. The number of hydrogen-bond acceptors (Lipinski definition) is 4. The fourth-order valence-electron chi connectivity index (χ4n) is 1.87. The van der Waals surface area contributed by atoms with Crippen LogP contribution in [0.25, 0.3) is 0 Å². The topological polar surface area (TPSA) is 66.4 Å². The van der Waals surface area contributed by atoms with Crippen molar-refractivity contribution in [3.63, 3.8) is 0 Å². The first-order chi connectivity index (χ1) is 10.8. The van der Waals surface area contributed by atoms with Gasteiger partial charge in [0.1, 0.15) is 5.82 Å². The number of nitrogens with one attached hydrogen (secondary N) is 2. The van der Waals surface area contributed by atoms with Crippen molar-refractivity contribution in [2.45, 2.75) is 18.1 Å². The van der Waals surface area contributed by atoms with Crippen LogP contribution in [-0.2, 0) is 11.2 Å². The summed E-state index contributed by atoms with van der Waals surface area (Å²) in [6.07, 6.45) is -1.29. The molecule has 0 saturated heterocycles. The van der Waals surface area contributed by atoms with Crippen molar-refractivity contribution >= 4 is 23.7 Å². The van der Waals surface area contributed by atoms with E-state index in [2.05, 4.69) is 15.3 Å². The number of rotatable bonds is 4. The van der Waals surface area contributed by atoms with Crippen molar-refractivity contribution in [1.29, 1.82) is 0 Å². The highest BCUT2D eigenvalue weighted by molar-refractivity contribution is 6.30. The second-order valence-electron chi connectivity index (χ2n) is 4.63. The molecule has 1 amide bonds. The normalized spacial score (nSPS) is 20.2. The van der Waals surface area contributed by atoms with Crippen molar-refractivity contribution < 1.29 is 22.4 Å². The molecule has 0 bridgehead atoms. The number of carbonyl (C=O) groups excluding carboxylic acids is 1. The maximum atomic E-state index is 13.5. The SMILES string of the molecule is O=C(NCCc1ncc(Cl)cc1F)C1(C(F)(F)F)C=NC=CN1. The lowest BCUT2D eigenvalue weighted by Gasteiger charge is -2.32. The number of nitrogens with zero attached hydrogens (tertiary/aromatic N) is 2. The summed E-state index contributed by atoms with van der Waals surface area (Å²) in [5, 5.41) is 4.17. The summed E-state index contributed by atoms with van der Waals surface area (Å²) in [7, 11) is 0. The Kier molecular flexibility index (Phi) is 4.88. The number of aliphatic imine (C=N–C) groups is 1. The number of halogens is 5. The fraction of sp³-hybridized carbons (Fsp3) is 0.308. The molecule has 124 valence electrons. The molecule has 5 nitrogen and oxygen atoms in total. The van der Waals surface area contributed by atoms with Gasteiger partial charge >= 0.3 is 6.18 Å². The summed E-state index contributed by atoms with van der Waals surface area (Å²) in [6, 6.07) is 1.03. The Morgan fingerprint density at radius 3 is 2.74 bits per heavy atom. The van der Waals surface area contributed by atoms with E-state index >= 15 is 0 Å². The third kappa shape index (κ3) is 3.61. The van der Waals surface area contributed by atoms with Crippen molar-refractivity contribution in [3.8, 4) is 0 Å². The van der Waals surface area contributed by atoms with Crippen LogP contribution in [0.4, 0.5) is 17.6 Å². The first-order valence-corrected chi connectivity index (χ1v) is 6.76. The molecule has 0 saturated carbocycles. The van der Waals surface area contributed by atoms with E-state index in [1.54, 1.807) is 0 Å². The molecule has 1 aromatic rings. The Morgan fingerprint density at radius 2 is 2.17 bits per heavy atom. The molecule has 0 fully saturated rings. The lowest BCUT2D eigenvalue weighted by molar-refractivity contribution is -0.180. The van der Waals surface area contributed by atoms with Crippen LogP contribution in [0, 0.1) is 5.82 Å². The number of amides is 1. The maximum Gasteiger partial charge on any atom is 0.425 e. The van der Waals surface area contributed by atoms with Gasteiger partial charge in [-0.3, -0.25) is 14.8 Å². The predicted octanol–water partition coefficient (Wildman–Crippen LogP) is 1.98. The molecule has 1 aromatic heterocycles. The predicted molar refractivity (Wildman–Crippen MR) is 75.5 cm³/mol. The molecule has 2 heterocycles. The highest BCUT2D eigenvalue weighted by Gasteiger charge is 2.59. The number of alkyl halides is 3. The van der Waals surface area contributed by atoms with Gasteiger partial charge in [0, 0.05) is 37.8 Å². The molecule has 10 heteroatoms. The van der Waals surface area contributed by atoms with E-state index in [9.17, 15) is 22.4 Å². The van der Waals surface area contributed by atoms with Gasteiger partial charge in [-0.15, -0.1) is 0 Å². The summed E-state index contributed by atoms with van der Waals surface area (Å²) in [5.41, 5.74) is -2.96. The third-order valence-electron chi connectivity index (χ3n) is 3.08. The molecular weight excluding hydrogens is 340 g/mol. The smallest absolute Gasteiger partial charge is 0.364 e. The van der Waals surface area contributed by atoms with Gasteiger partial charge in [0.15, 0.2) is 0 Å². The minimum absolute atomic E-state index is 0.0130. The Hall–Kier alpha value is -2.16. The third-order valence-corrected chi connectivity index (χ3v) is 3.28. The lowest BCUT2D eigenvalue weighted by Crippen LogP contribution is -2.66. The van der Waals surface area contributed by atoms with Crippen molar-refractivity contribution in [2.24, 2.45) is 4.99 Å². The minimum Gasteiger partial charge on any atom is -0.364 e. The van der Waals surface area contributed by atoms with Crippen LogP contribution in [0.5, 0.6) is 0 Å². The summed E-state index contributed by atoms with van der Waals surface area (Å²) in [5.74, 6) is -2.04. The summed E-state index contributed by atoms with van der Waals surface area (Å²) < 4.78 is 53.0. The first-order valence-electron chi connectivity index (χ1n) is 6.38. The molecule has 2 rings (SSSR count). The number of pyridine rings is 1. The van der Waals surface area contributed by atoms with Crippen LogP contribution >= 0.6 is 11.6 Å². The first kappa shape index (κ1) is 17.2. The molecule has 1 aliphatic rings. The molecule has 23 heavy (non-hydrogen) atoms. The molecule has 1 aliphatic heterocycles. The molecule has 0 aliphatic carbocycles. The standard InChI is InChI=1S/C13H11ClF4N4O/c14-8-5-9(15)10(21-6-8)1-2-20-11(23)12(13(16,17)18)7-19-3-4-22-12/h3-7,22H,1-2H2,(H,20,23). The van der Waals surface area contributed by atoms with Gasteiger partial charge < -0.3 is 10.6 Å². The van der Waals surface area contributed by atoms with Crippen LogP contribution in [0.2, 0.25) is 5.02 Å². The Morgan fingerprint density at radius 1 is 1.43 bits per heavy atom. The van der Waals surface area contributed by atoms with Crippen LogP contribution in [0.15, 0.2) is 29.7 Å². The lowest BCUT2D eigenvalue weighted by atomic mass is 9.98. The van der Waals surface area contributed by atoms with E-state index in [-0.39, 0.29) is 23.7 Å². The molecule has 0 spiro atoms. The van der Waals surface area contributed by atoms with Gasteiger partial charge in [0.25, 0.3) is 5.91 Å². The van der Waals surface area contributed by atoms with E-state index in [0.29, 0.717) is 6.21 Å². The maximum absolute atomic E-state index is 13.5. The molecule has 1 atom stereocenters. The van der Waals surface area contributed by atoms with E-state index in [0.717, 1.165) is 18.5 Å². The average Bonchev–Trinajstić information content (AvgIpc) is 2.49.